The van der Waals surface area contributed by atoms with Gasteiger partial charge < -0.3 is 24.2 Å². The van der Waals surface area contributed by atoms with Crippen molar-refractivity contribution in [3.8, 4) is 22.8 Å². The maximum Gasteiger partial charge on any atom is 0.317 e. The molecule has 0 fully saturated rings. The van der Waals surface area contributed by atoms with Crippen LogP contribution in [0.4, 0.5) is 4.79 Å². The number of nitrogens with one attached hydrogen (secondary N) is 1. The number of hydrogen-bond acceptors (Lipinski definition) is 5. The average molecular weight is 361 g/mol. The van der Waals surface area contributed by atoms with Crippen LogP contribution in [-0.4, -0.2) is 43.4 Å². The molecule has 142 valence electrons. The molecule has 7 heteroatoms. The van der Waals surface area contributed by atoms with Crippen LogP contribution in [0.2, 0.25) is 0 Å². The molecule has 2 aromatic rings. The molecule has 0 aliphatic heterocycles. The summed E-state index contributed by atoms with van der Waals surface area (Å²) < 4.78 is 16.1. The van der Waals surface area contributed by atoms with Crippen molar-refractivity contribution in [3.05, 3.63) is 30.0 Å². The van der Waals surface area contributed by atoms with Gasteiger partial charge in [-0.05, 0) is 25.0 Å². The van der Waals surface area contributed by atoms with Crippen LogP contribution in [0.15, 0.2) is 28.8 Å². The monoisotopic (exact) mass is 361 g/mol. The third-order valence-corrected chi connectivity index (χ3v) is 3.89. The van der Waals surface area contributed by atoms with E-state index < -0.39 is 0 Å². The minimum absolute atomic E-state index is 0.0831. The van der Waals surface area contributed by atoms with Crippen LogP contribution in [0.5, 0.6) is 11.5 Å². The van der Waals surface area contributed by atoms with Gasteiger partial charge in [0.15, 0.2) is 5.76 Å². The molecule has 0 spiro atoms. The summed E-state index contributed by atoms with van der Waals surface area (Å²) in [5.41, 5.74) is 1.47. The Balaban J connectivity index is 2.16. The number of carbonyl (C=O) groups excluding carboxylic acids is 1. The number of hydrogen-bond donors (Lipinski definition) is 1. The number of carbonyl (C=O) groups is 1. The molecule has 2 rings (SSSR count). The Labute approximate surface area is 154 Å². The summed E-state index contributed by atoms with van der Waals surface area (Å²) in [4.78, 5) is 14.0. The molecule has 0 radical (unpaired) electrons. The summed E-state index contributed by atoms with van der Waals surface area (Å²) in [5, 5.41) is 7.01. The van der Waals surface area contributed by atoms with Crippen LogP contribution in [0.25, 0.3) is 11.3 Å². The molecule has 0 aliphatic carbocycles. The van der Waals surface area contributed by atoms with Gasteiger partial charge in [-0.3, -0.25) is 0 Å². The Morgan fingerprint density at radius 2 is 2.00 bits per heavy atom. The molecule has 0 unspecified atom stereocenters. The van der Waals surface area contributed by atoms with E-state index in [1.165, 1.54) is 0 Å². The van der Waals surface area contributed by atoms with Gasteiger partial charge in [0.2, 0.25) is 0 Å². The SMILES string of the molecule is CCCNC(=O)N(CCC)Cc1cc(-c2ccc(OC)cc2OC)on1. The van der Waals surface area contributed by atoms with E-state index in [0.29, 0.717) is 42.6 Å². The second kappa shape index (κ2) is 9.70. The van der Waals surface area contributed by atoms with Crippen LogP contribution >= 0.6 is 0 Å². The number of urea groups is 1. The number of benzene rings is 1. The van der Waals surface area contributed by atoms with Crippen LogP contribution in [0, 0.1) is 0 Å². The predicted molar refractivity (Wildman–Crippen MR) is 99.4 cm³/mol. The quantitative estimate of drug-likeness (QED) is 0.737. The van der Waals surface area contributed by atoms with Gasteiger partial charge in [-0.15, -0.1) is 0 Å². The van der Waals surface area contributed by atoms with Gasteiger partial charge in [0.05, 0.1) is 26.3 Å². The predicted octanol–water partition coefficient (Wildman–Crippen LogP) is 3.69. The van der Waals surface area contributed by atoms with Crippen LogP contribution in [0.1, 0.15) is 32.4 Å². The molecule has 0 aliphatic rings. The zero-order chi connectivity index (χ0) is 18.9. The normalized spacial score (nSPS) is 10.5. The fraction of sp³-hybridized carbons (Fsp3) is 0.474. The zero-order valence-corrected chi connectivity index (χ0v) is 15.9. The largest absolute Gasteiger partial charge is 0.497 e. The summed E-state index contributed by atoms with van der Waals surface area (Å²) in [6.45, 7) is 5.77. The first-order valence-corrected chi connectivity index (χ1v) is 8.83. The average Bonchev–Trinajstić information content (AvgIpc) is 3.13. The summed E-state index contributed by atoms with van der Waals surface area (Å²) in [7, 11) is 3.20. The van der Waals surface area contributed by atoms with Crippen molar-refractivity contribution >= 4 is 6.03 Å². The van der Waals surface area contributed by atoms with Crippen molar-refractivity contribution in [1.29, 1.82) is 0 Å². The van der Waals surface area contributed by atoms with E-state index in [1.807, 2.05) is 32.0 Å². The van der Waals surface area contributed by atoms with Crippen LogP contribution < -0.4 is 14.8 Å². The Hall–Kier alpha value is -2.70. The van der Waals surface area contributed by atoms with E-state index in [1.54, 1.807) is 25.2 Å². The highest BCUT2D eigenvalue weighted by atomic mass is 16.5. The summed E-state index contributed by atoms with van der Waals surface area (Å²) in [6.07, 6.45) is 1.77. The lowest BCUT2D eigenvalue weighted by atomic mass is 10.1. The minimum Gasteiger partial charge on any atom is -0.497 e. The first-order chi connectivity index (χ1) is 12.6. The molecule has 1 N–H and O–H groups in total. The lowest BCUT2D eigenvalue weighted by Crippen LogP contribution is -2.40. The molecule has 0 bridgehead atoms. The second-order valence-electron chi connectivity index (χ2n) is 5.90. The van der Waals surface area contributed by atoms with Crippen molar-refractivity contribution in [2.24, 2.45) is 0 Å². The van der Waals surface area contributed by atoms with Gasteiger partial charge in [-0.2, -0.15) is 0 Å². The Morgan fingerprint density at radius 3 is 2.65 bits per heavy atom. The van der Waals surface area contributed by atoms with Crippen molar-refractivity contribution < 1.29 is 18.8 Å². The fourth-order valence-corrected chi connectivity index (χ4v) is 2.58. The third-order valence-electron chi connectivity index (χ3n) is 3.89. The van der Waals surface area contributed by atoms with Crippen molar-refractivity contribution in [3.63, 3.8) is 0 Å². The number of ether oxygens (including phenoxy) is 2. The van der Waals surface area contributed by atoms with Gasteiger partial charge >= 0.3 is 6.03 Å². The van der Waals surface area contributed by atoms with Gasteiger partial charge in [0.1, 0.15) is 17.2 Å². The minimum atomic E-state index is -0.0831. The summed E-state index contributed by atoms with van der Waals surface area (Å²) in [6, 6.07) is 7.24. The highest BCUT2D eigenvalue weighted by molar-refractivity contribution is 5.74. The zero-order valence-electron chi connectivity index (χ0n) is 15.9. The molecular formula is C19H27N3O4. The van der Waals surface area contributed by atoms with Crippen LogP contribution in [-0.2, 0) is 6.54 Å². The van der Waals surface area contributed by atoms with E-state index in [2.05, 4.69) is 10.5 Å². The molecule has 2 amide bonds. The Morgan fingerprint density at radius 1 is 1.19 bits per heavy atom. The molecule has 0 atom stereocenters. The van der Waals surface area contributed by atoms with Crippen molar-refractivity contribution in [1.82, 2.24) is 15.4 Å². The molecule has 1 aromatic heterocycles. The molecule has 1 heterocycles. The number of rotatable bonds is 9. The maximum atomic E-state index is 12.3. The van der Waals surface area contributed by atoms with E-state index in [0.717, 1.165) is 18.4 Å². The highest BCUT2D eigenvalue weighted by Gasteiger charge is 2.17. The maximum absolute atomic E-state index is 12.3. The molecular weight excluding hydrogens is 334 g/mol. The van der Waals surface area contributed by atoms with Gasteiger partial charge in [0, 0.05) is 25.2 Å². The van der Waals surface area contributed by atoms with E-state index in [4.69, 9.17) is 14.0 Å². The van der Waals surface area contributed by atoms with Crippen LogP contribution in [0.3, 0.4) is 0 Å². The van der Waals surface area contributed by atoms with Gasteiger partial charge in [-0.25, -0.2) is 4.79 Å². The Kier molecular flexibility index (Phi) is 7.32. The van der Waals surface area contributed by atoms with E-state index in [9.17, 15) is 4.79 Å². The summed E-state index contributed by atoms with van der Waals surface area (Å²) in [5.74, 6) is 1.93. The van der Waals surface area contributed by atoms with Crippen molar-refractivity contribution in [2.75, 3.05) is 27.3 Å². The summed E-state index contributed by atoms with van der Waals surface area (Å²) >= 11 is 0. The standard InChI is InChI=1S/C19H27N3O4/c1-5-9-20-19(23)22(10-6-2)13-14-11-18(26-21-14)16-8-7-15(24-3)12-17(16)25-4/h7-8,11-12H,5-6,9-10,13H2,1-4H3,(H,20,23). The van der Waals surface area contributed by atoms with E-state index in [-0.39, 0.29) is 6.03 Å². The fourth-order valence-electron chi connectivity index (χ4n) is 2.58. The highest BCUT2D eigenvalue weighted by Crippen LogP contribution is 2.33. The lowest BCUT2D eigenvalue weighted by Gasteiger charge is -2.21. The molecule has 1 aromatic carbocycles. The smallest absolute Gasteiger partial charge is 0.317 e. The Bertz CT molecular complexity index is 715. The van der Waals surface area contributed by atoms with E-state index >= 15 is 0 Å². The number of nitrogens with zero attached hydrogens (tertiary/aromatic N) is 2. The second-order valence-corrected chi connectivity index (χ2v) is 5.90. The third kappa shape index (κ3) is 4.91. The van der Waals surface area contributed by atoms with Gasteiger partial charge in [0.25, 0.3) is 0 Å². The molecule has 0 saturated carbocycles. The lowest BCUT2D eigenvalue weighted by molar-refractivity contribution is 0.193. The van der Waals surface area contributed by atoms with Crippen molar-refractivity contribution in [2.45, 2.75) is 33.2 Å². The number of amides is 2. The topological polar surface area (TPSA) is 76.8 Å². The molecule has 7 nitrogen and oxygen atoms in total. The first-order valence-electron chi connectivity index (χ1n) is 8.83. The molecule has 26 heavy (non-hydrogen) atoms. The number of methoxy groups -OCH3 is 2. The van der Waals surface area contributed by atoms with Gasteiger partial charge in [-0.1, -0.05) is 19.0 Å². The number of aromatic nitrogens is 1. The first kappa shape index (κ1) is 19.6. The molecule has 0 saturated heterocycles.